The van der Waals surface area contributed by atoms with E-state index in [0.717, 1.165) is 0 Å². The second-order valence-electron chi connectivity index (χ2n) is 4.55. The molecular formula is C15H12ClN3O3. The maximum Gasteiger partial charge on any atom is 0.238 e. The van der Waals surface area contributed by atoms with Crippen molar-refractivity contribution in [2.45, 2.75) is 12.8 Å². The van der Waals surface area contributed by atoms with Crippen LogP contribution in [-0.2, 0) is 11.2 Å². The molecule has 6 nitrogen and oxygen atoms in total. The first kappa shape index (κ1) is 14.3. The van der Waals surface area contributed by atoms with Crippen LogP contribution in [0.15, 0.2) is 51.6 Å². The summed E-state index contributed by atoms with van der Waals surface area (Å²) >= 11 is 5.86. The van der Waals surface area contributed by atoms with Gasteiger partial charge in [-0.25, -0.2) is 0 Å². The van der Waals surface area contributed by atoms with Crippen LogP contribution in [0.5, 0.6) is 0 Å². The van der Waals surface area contributed by atoms with Gasteiger partial charge in [-0.05, 0) is 30.3 Å². The number of furan rings is 1. The topological polar surface area (TPSA) is 81.2 Å². The molecule has 112 valence electrons. The van der Waals surface area contributed by atoms with Crippen molar-refractivity contribution in [1.82, 2.24) is 10.1 Å². The number of aryl methyl sites for hydroxylation is 1. The van der Waals surface area contributed by atoms with Crippen molar-refractivity contribution in [3.05, 3.63) is 53.6 Å². The van der Waals surface area contributed by atoms with E-state index < -0.39 is 0 Å². The minimum absolute atomic E-state index is 0.153. The summed E-state index contributed by atoms with van der Waals surface area (Å²) in [6.07, 6.45) is 2.11. The average Bonchev–Trinajstić information content (AvgIpc) is 3.16. The van der Waals surface area contributed by atoms with E-state index in [1.807, 2.05) is 0 Å². The molecule has 0 unspecified atom stereocenters. The fourth-order valence-electron chi connectivity index (χ4n) is 1.87. The number of amides is 1. The fourth-order valence-corrected chi connectivity index (χ4v) is 2.06. The van der Waals surface area contributed by atoms with Gasteiger partial charge in [0.2, 0.25) is 17.6 Å². The van der Waals surface area contributed by atoms with Gasteiger partial charge in [0.1, 0.15) is 0 Å². The summed E-state index contributed by atoms with van der Waals surface area (Å²) < 4.78 is 10.3. The lowest BCUT2D eigenvalue weighted by molar-refractivity contribution is -0.116. The lowest BCUT2D eigenvalue weighted by atomic mass is 10.2. The number of benzene rings is 1. The number of carbonyl (C=O) groups is 1. The molecule has 0 bridgehead atoms. The maximum atomic E-state index is 11.9. The van der Waals surface area contributed by atoms with Gasteiger partial charge >= 0.3 is 0 Å². The van der Waals surface area contributed by atoms with Crippen molar-refractivity contribution in [3.63, 3.8) is 0 Å². The second kappa shape index (κ2) is 6.44. The second-order valence-corrected chi connectivity index (χ2v) is 4.98. The van der Waals surface area contributed by atoms with E-state index in [1.54, 1.807) is 36.4 Å². The van der Waals surface area contributed by atoms with Crippen molar-refractivity contribution in [3.8, 4) is 11.6 Å². The highest BCUT2D eigenvalue weighted by atomic mass is 35.5. The number of carbonyl (C=O) groups excluding carboxylic acids is 1. The molecule has 0 atom stereocenters. The Balaban J connectivity index is 1.55. The summed E-state index contributed by atoms with van der Waals surface area (Å²) in [5.74, 6) is 1.13. The molecule has 7 heteroatoms. The molecule has 0 fully saturated rings. The Morgan fingerprint density at radius 1 is 1.27 bits per heavy atom. The smallest absolute Gasteiger partial charge is 0.238 e. The lowest BCUT2D eigenvalue weighted by Crippen LogP contribution is -2.12. The SMILES string of the molecule is O=C(CCc1nc(-c2ccco2)no1)Nc1cccc(Cl)c1. The van der Waals surface area contributed by atoms with Crippen LogP contribution < -0.4 is 5.32 Å². The summed E-state index contributed by atoms with van der Waals surface area (Å²) in [5, 5.41) is 7.13. The highest BCUT2D eigenvalue weighted by Crippen LogP contribution is 2.17. The van der Waals surface area contributed by atoms with E-state index in [4.69, 9.17) is 20.5 Å². The van der Waals surface area contributed by atoms with Crippen molar-refractivity contribution in [1.29, 1.82) is 0 Å². The largest absolute Gasteiger partial charge is 0.461 e. The minimum Gasteiger partial charge on any atom is -0.461 e. The summed E-state index contributed by atoms with van der Waals surface area (Å²) in [7, 11) is 0. The molecule has 1 aromatic carbocycles. The van der Waals surface area contributed by atoms with Crippen molar-refractivity contribution >= 4 is 23.2 Å². The van der Waals surface area contributed by atoms with Crippen LogP contribution in [0, 0.1) is 0 Å². The average molecular weight is 318 g/mol. The normalized spacial score (nSPS) is 10.6. The summed E-state index contributed by atoms with van der Waals surface area (Å²) in [6.45, 7) is 0. The Morgan fingerprint density at radius 2 is 2.18 bits per heavy atom. The molecule has 3 rings (SSSR count). The minimum atomic E-state index is -0.153. The first-order valence-corrected chi connectivity index (χ1v) is 7.00. The van der Waals surface area contributed by atoms with Crippen LogP contribution in [0.2, 0.25) is 5.02 Å². The lowest BCUT2D eigenvalue weighted by Gasteiger charge is -2.04. The number of anilines is 1. The first-order chi connectivity index (χ1) is 10.7. The number of aromatic nitrogens is 2. The molecule has 0 aliphatic rings. The Hall–Kier alpha value is -2.60. The number of hydrogen-bond donors (Lipinski definition) is 1. The molecule has 0 radical (unpaired) electrons. The zero-order valence-corrected chi connectivity index (χ0v) is 12.2. The molecule has 0 saturated heterocycles. The summed E-state index contributed by atoms with van der Waals surface area (Å²) in [6, 6.07) is 10.4. The van der Waals surface area contributed by atoms with E-state index >= 15 is 0 Å². The van der Waals surface area contributed by atoms with Crippen LogP contribution in [0.4, 0.5) is 5.69 Å². The Kier molecular flexibility index (Phi) is 4.20. The Bertz CT molecular complexity index is 768. The molecule has 0 aliphatic carbocycles. The quantitative estimate of drug-likeness (QED) is 0.778. The molecule has 0 spiro atoms. The van der Waals surface area contributed by atoms with Gasteiger partial charge in [-0.15, -0.1) is 0 Å². The molecule has 2 heterocycles. The number of rotatable bonds is 5. The molecule has 2 aromatic heterocycles. The molecule has 3 aromatic rings. The molecule has 1 N–H and O–H groups in total. The molecule has 0 aliphatic heterocycles. The van der Waals surface area contributed by atoms with Gasteiger partial charge in [-0.1, -0.05) is 22.8 Å². The molecule has 1 amide bonds. The molecular weight excluding hydrogens is 306 g/mol. The first-order valence-electron chi connectivity index (χ1n) is 6.62. The third kappa shape index (κ3) is 3.53. The van der Waals surface area contributed by atoms with E-state index in [0.29, 0.717) is 34.6 Å². The van der Waals surface area contributed by atoms with Crippen molar-refractivity contribution in [2.24, 2.45) is 0 Å². The third-order valence-electron chi connectivity index (χ3n) is 2.88. The summed E-state index contributed by atoms with van der Waals surface area (Å²) in [4.78, 5) is 16.0. The van der Waals surface area contributed by atoms with E-state index in [9.17, 15) is 4.79 Å². The van der Waals surface area contributed by atoms with Gasteiger partial charge in [0.25, 0.3) is 0 Å². The van der Waals surface area contributed by atoms with Crippen molar-refractivity contribution in [2.75, 3.05) is 5.32 Å². The highest BCUT2D eigenvalue weighted by Gasteiger charge is 2.12. The predicted octanol–water partition coefficient (Wildman–Crippen LogP) is 3.55. The number of nitrogens with zero attached hydrogens (tertiary/aromatic N) is 2. The van der Waals surface area contributed by atoms with Crippen LogP contribution in [-0.4, -0.2) is 16.0 Å². The van der Waals surface area contributed by atoms with E-state index in [2.05, 4.69) is 15.5 Å². The standard InChI is InChI=1S/C15H12ClN3O3/c16-10-3-1-4-11(9-10)17-13(20)6-7-14-18-15(19-22-14)12-5-2-8-21-12/h1-5,8-9H,6-7H2,(H,17,20). The summed E-state index contributed by atoms with van der Waals surface area (Å²) in [5.41, 5.74) is 0.652. The van der Waals surface area contributed by atoms with Gasteiger partial charge in [0.05, 0.1) is 6.26 Å². The Labute approximate surface area is 131 Å². The highest BCUT2D eigenvalue weighted by molar-refractivity contribution is 6.30. The molecule has 22 heavy (non-hydrogen) atoms. The predicted molar refractivity (Wildman–Crippen MR) is 80.4 cm³/mol. The monoisotopic (exact) mass is 317 g/mol. The van der Waals surface area contributed by atoms with E-state index in [-0.39, 0.29) is 12.3 Å². The van der Waals surface area contributed by atoms with Gasteiger partial charge in [-0.3, -0.25) is 4.79 Å². The zero-order valence-electron chi connectivity index (χ0n) is 11.5. The van der Waals surface area contributed by atoms with Gasteiger partial charge in [0.15, 0.2) is 5.76 Å². The van der Waals surface area contributed by atoms with Gasteiger partial charge in [0, 0.05) is 23.6 Å². The fraction of sp³-hybridized carbons (Fsp3) is 0.133. The van der Waals surface area contributed by atoms with Gasteiger partial charge in [-0.2, -0.15) is 4.98 Å². The zero-order chi connectivity index (χ0) is 15.4. The van der Waals surface area contributed by atoms with Crippen LogP contribution >= 0.6 is 11.6 Å². The molecule has 0 saturated carbocycles. The number of halogens is 1. The van der Waals surface area contributed by atoms with Crippen LogP contribution in [0.25, 0.3) is 11.6 Å². The maximum absolute atomic E-state index is 11.9. The number of nitrogens with one attached hydrogen (secondary N) is 1. The van der Waals surface area contributed by atoms with Crippen molar-refractivity contribution < 1.29 is 13.7 Å². The number of hydrogen-bond acceptors (Lipinski definition) is 5. The van der Waals surface area contributed by atoms with E-state index in [1.165, 1.54) is 6.26 Å². The van der Waals surface area contributed by atoms with Gasteiger partial charge < -0.3 is 14.3 Å². The van der Waals surface area contributed by atoms with Crippen LogP contribution in [0.1, 0.15) is 12.3 Å². The Morgan fingerprint density at radius 3 is 2.95 bits per heavy atom. The third-order valence-corrected chi connectivity index (χ3v) is 3.12. The van der Waals surface area contributed by atoms with Crippen LogP contribution in [0.3, 0.4) is 0 Å².